The van der Waals surface area contributed by atoms with Gasteiger partial charge in [-0.1, -0.05) is 50.1 Å². The summed E-state index contributed by atoms with van der Waals surface area (Å²) in [7, 11) is -0.599. The fourth-order valence-electron chi connectivity index (χ4n) is 8.99. The molecule has 4 aliphatic rings. The summed E-state index contributed by atoms with van der Waals surface area (Å²) in [5.41, 5.74) is 2.26. The van der Waals surface area contributed by atoms with Gasteiger partial charge in [0.15, 0.2) is 0 Å². The van der Waals surface area contributed by atoms with E-state index < -0.39 is 27.3 Å². The highest BCUT2D eigenvalue weighted by molar-refractivity contribution is 7.92. The number of rotatable bonds is 5. The molecular weight excluding hydrogens is 714 g/mol. The smallest absolute Gasteiger partial charge is 0.286 e. The Morgan fingerprint density at radius 2 is 2.06 bits per heavy atom. The van der Waals surface area contributed by atoms with Gasteiger partial charge >= 0.3 is 0 Å². The Kier molecular flexibility index (Phi) is 10.4. The van der Waals surface area contributed by atoms with E-state index in [9.17, 15) is 18.9 Å². The number of nitrogens with zero attached hydrogens (tertiary/aromatic N) is 4. The maximum absolute atomic E-state index is 14.6. The first-order valence-electron chi connectivity index (χ1n) is 18.7. The molecule has 11 nitrogen and oxygen atoms in total. The van der Waals surface area contributed by atoms with Gasteiger partial charge in [-0.3, -0.25) is 19.0 Å². The molecule has 7 rings (SSSR count). The van der Waals surface area contributed by atoms with Crippen LogP contribution in [0.4, 0.5) is 5.69 Å². The second kappa shape index (κ2) is 14.8. The van der Waals surface area contributed by atoms with E-state index in [0.717, 1.165) is 49.2 Å². The Bertz CT molecular complexity index is 2060. The Balaban J connectivity index is 1.33. The molecule has 53 heavy (non-hydrogen) atoms. The zero-order chi connectivity index (χ0) is 37.5. The number of nitrogens with one attached hydrogen (secondary N) is 1. The number of hydrogen-bond acceptors (Lipinski definition) is 8. The quantitative estimate of drug-likeness (QED) is 0.276. The van der Waals surface area contributed by atoms with Crippen molar-refractivity contribution in [2.45, 2.75) is 76.2 Å². The van der Waals surface area contributed by atoms with E-state index in [1.807, 2.05) is 25.1 Å². The topological polar surface area (TPSA) is 135 Å². The number of aliphatic hydroxyl groups is 1. The summed E-state index contributed by atoms with van der Waals surface area (Å²) in [6.07, 6.45) is 12.1. The summed E-state index contributed by atoms with van der Waals surface area (Å²) in [5, 5.41) is 17.1. The molecule has 2 bridgehead atoms. The Morgan fingerprint density at radius 1 is 1.23 bits per heavy atom. The molecule has 2 amide bonds. The maximum atomic E-state index is 14.6. The van der Waals surface area contributed by atoms with Gasteiger partial charge in [0.05, 0.1) is 30.8 Å². The molecule has 13 heteroatoms. The van der Waals surface area contributed by atoms with Gasteiger partial charge in [0, 0.05) is 42.3 Å². The van der Waals surface area contributed by atoms with E-state index in [0.29, 0.717) is 38.3 Å². The number of ether oxygens (including phenoxy) is 2. The van der Waals surface area contributed by atoms with Crippen molar-refractivity contribution in [3.63, 3.8) is 0 Å². The molecule has 1 aromatic heterocycles. The van der Waals surface area contributed by atoms with Crippen LogP contribution in [-0.4, -0.2) is 69.1 Å². The fourth-order valence-corrected chi connectivity index (χ4v) is 11.1. The number of amides is 2. The molecule has 2 aliphatic carbocycles. The van der Waals surface area contributed by atoms with Crippen LogP contribution in [0.2, 0.25) is 5.02 Å². The summed E-state index contributed by atoms with van der Waals surface area (Å²) < 4.78 is 34.9. The first-order valence-corrected chi connectivity index (χ1v) is 20.8. The lowest BCUT2D eigenvalue weighted by molar-refractivity contribution is -0.0510. The Morgan fingerprint density at radius 3 is 2.81 bits per heavy atom. The number of carbonyl (C=O) groups is 2. The second-order valence-corrected chi connectivity index (χ2v) is 18.0. The van der Waals surface area contributed by atoms with Crippen molar-refractivity contribution in [3.05, 3.63) is 82.0 Å². The monoisotopic (exact) mass is 763 g/mol. The average Bonchev–Trinajstić information content (AvgIpc) is 3.41. The number of carbonyl (C=O) groups excluding carboxylic acids is 2. The number of benzene rings is 2. The number of aryl methyl sites for hydroxylation is 2. The SMILES string of the molecule is CCCC1(O)/C=C/C[C@H](C)C[S@@](=O)(NC(=O)c2cn(C)nc2OC)=NC(=O)c2ccc3c(c2)N(C[C@@H]2CC[C@H]21)C[C@@]1(CCCc2cc(Cl)ccc21)CO3. The molecule has 0 saturated heterocycles. The number of methoxy groups -OCH3 is 1. The predicted molar refractivity (Wildman–Crippen MR) is 206 cm³/mol. The number of anilines is 1. The van der Waals surface area contributed by atoms with E-state index in [1.54, 1.807) is 25.2 Å². The first-order chi connectivity index (χ1) is 25.3. The average molecular weight is 764 g/mol. The largest absolute Gasteiger partial charge is 0.490 e. The van der Waals surface area contributed by atoms with E-state index in [2.05, 4.69) is 38.1 Å². The van der Waals surface area contributed by atoms with Gasteiger partial charge in [-0.15, -0.1) is 9.46 Å². The molecule has 284 valence electrons. The third-order valence-electron chi connectivity index (χ3n) is 11.6. The van der Waals surface area contributed by atoms with Crippen molar-refractivity contribution in [3.8, 4) is 11.6 Å². The summed E-state index contributed by atoms with van der Waals surface area (Å²) in [6.45, 7) is 5.80. The highest BCUT2D eigenvalue weighted by Gasteiger charge is 2.47. The summed E-state index contributed by atoms with van der Waals surface area (Å²) in [6, 6.07) is 11.4. The highest BCUT2D eigenvalue weighted by Crippen LogP contribution is 2.49. The Labute approximate surface area is 317 Å². The molecule has 1 unspecified atom stereocenters. The van der Waals surface area contributed by atoms with Crippen molar-refractivity contribution in [2.75, 3.05) is 37.5 Å². The number of aromatic nitrogens is 2. The predicted octanol–water partition coefficient (Wildman–Crippen LogP) is 6.66. The van der Waals surface area contributed by atoms with Crippen molar-refractivity contribution >= 4 is 39.0 Å². The molecule has 1 saturated carbocycles. The molecular formula is C40H50ClN5O6S. The third kappa shape index (κ3) is 7.47. The van der Waals surface area contributed by atoms with Crippen molar-refractivity contribution in [1.82, 2.24) is 14.5 Å². The number of hydrogen-bond donors (Lipinski definition) is 2. The third-order valence-corrected chi connectivity index (χ3v) is 13.8. The summed E-state index contributed by atoms with van der Waals surface area (Å²) >= 11 is 6.47. The number of allylic oxidation sites excluding steroid dienone is 1. The molecule has 2 aliphatic heterocycles. The fraction of sp³-hybridized carbons (Fsp3) is 0.525. The minimum atomic E-state index is -3.64. The molecule has 1 fully saturated rings. The number of halogens is 1. The lowest BCUT2D eigenvalue weighted by Crippen LogP contribution is -2.52. The molecule has 3 aromatic rings. The van der Waals surface area contributed by atoms with E-state index in [1.165, 1.54) is 29.1 Å². The van der Waals surface area contributed by atoms with Crippen LogP contribution in [0.25, 0.3) is 0 Å². The summed E-state index contributed by atoms with van der Waals surface area (Å²) in [4.78, 5) is 30.0. The van der Waals surface area contributed by atoms with Crippen LogP contribution < -0.4 is 19.1 Å². The maximum Gasteiger partial charge on any atom is 0.286 e. The van der Waals surface area contributed by atoms with E-state index in [4.69, 9.17) is 21.1 Å². The van der Waals surface area contributed by atoms with Gasteiger partial charge < -0.3 is 19.5 Å². The van der Waals surface area contributed by atoms with Crippen LogP contribution in [0.3, 0.4) is 0 Å². The van der Waals surface area contributed by atoms with Crippen LogP contribution in [0, 0.1) is 17.8 Å². The number of fused-ring (bicyclic) bond motifs is 4. The van der Waals surface area contributed by atoms with E-state index >= 15 is 0 Å². The van der Waals surface area contributed by atoms with Gasteiger partial charge in [-0.05, 0) is 104 Å². The molecule has 2 aromatic carbocycles. The zero-order valence-corrected chi connectivity index (χ0v) is 32.5. The molecule has 6 atom stereocenters. The van der Waals surface area contributed by atoms with Gasteiger partial charge in [0.2, 0.25) is 5.88 Å². The van der Waals surface area contributed by atoms with Gasteiger partial charge in [0.1, 0.15) is 21.2 Å². The second-order valence-electron chi connectivity index (χ2n) is 15.6. The first kappa shape index (κ1) is 37.4. The molecule has 0 radical (unpaired) electrons. The zero-order valence-electron chi connectivity index (χ0n) is 31.0. The van der Waals surface area contributed by atoms with Crippen LogP contribution in [-0.2, 0) is 28.8 Å². The van der Waals surface area contributed by atoms with Crippen molar-refractivity contribution < 1.29 is 28.4 Å². The summed E-state index contributed by atoms with van der Waals surface area (Å²) in [5.74, 6) is -0.721. The molecule has 2 N–H and O–H groups in total. The van der Waals surface area contributed by atoms with Crippen LogP contribution in [0.15, 0.2) is 59.1 Å². The van der Waals surface area contributed by atoms with Crippen molar-refractivity contribution in [2.24, 2.45) is 29.2 Å². The molecule has 1 spiro atoms. The normalized spacial score (nSPS) is 30.5. The minimum Gasteiger partial charge on any atom is -0.490 e. The Hall–Kier alpha value is -3.87. The van der Waals surface area contributed by atoms with Crippen LogP contribution in [0.1, 0.15) is 90.6 Å². The highest BCUT2D eigenvalue weighted by atomic mass is 35.5. The minimum absolute atomic E-state index is 0.0562. The van der Waals surface area contributed by atoms with Crippen LogP contribution >= 0.6 is 11.6 Å². The van der Waals surface area contributed by atoms with Crippen molar-refractivity contribution in [1.29, 1.82) is 0 Å². The van der Waals surface area contributed by atoms with Gasteiger partial charge in [-0.25, -0.2) is 4.21 Å². The van der Waals surface area contributed by atoms with Gasteiger partial charge in [-0.2, -0.15) is 0 Å². The lowest BCUT2D eigenvalue weighted by Gasteiger charge is -2.49. The van der Waals surface area contributed by atoms with Crippen LogP contribution in [0.5, 0.6) is 11.6 Å². The van der Waals surface area contributed by atoms with E-state index in [-0.39, 0.29) is 45.9 Å². The lowest BCUT2D eigenvalue weighted by atomic mass is 9.63. The standard InChI is InChI=1S/C40H50ClN5O6S/c1-5-16-40(49)18-6-8-26(2)23-53(50,44-37(48)31-22-45(3)42-38(31)51-4)43-36(47)28-11-15-35-34(20-28)46(21-29-10-13-33(29)40)24-39(25-52-35)17-7-9-27-19-30(41)12-14-32(27)39/h6,11-12,14-15,18-20,22,26,29,33,49H,5,7-10,13,16-17,21,23-25H2,1-4H3,(H,43,44,47,48,50)/b18-6+/t26-,29-,33+,39-,40?,53-/m0/s1. The van der Waals surface area contributed by atoms with Gasteiger partial charge in [0.25, 0.3) is 11.8 Å². The molecule has 3 heterocycles.